The van der Waals surface area contributed by atoms with Crippen molar-refractivity contribution in [2.45, 2.75) is 12.5 Å². The van der Waals surface area contributed by atoms with Crippen molar-refractivity contribution in [2.24, 2.45) is 0 Å². The molecule has 0 amide bonds. The van der Waals surface area contributed by atoms with Crippen molar-refractivity contribution in [3.63, 3.8) is 0 Å². The van der Waals surface area contributed by atoms with E-state index in [0.29, 0.717) is 6.61 Å². The molecule has 1 aliphatic rings. The van der Waals surface area contributed by atoms with Crippen LogP contribution >= 0.6 is 0 Å². The Morgan fingerprint density at radius 2 is 1.79 bits per heavy atom. The van der Waals surface area contributed by atoms with Gasteiger partial charge in [-0.1, -0.05) is 12.1 Å². The highest BCUT2D eigenvalue weighted by Gasteiger charge is 2.31. The molecule has 0 saturated carbocycles. The van der Waals surface area contributed by atoms with Crippen LogP contribution in [-0.4, -0.2) is 13.0 Å². The van der Waals surface area contributed by atoms with Crippen LogP contribution in [0.5, 0.6) is 5.75 Å². The fourth-order valence-electron chi connectivity index (χ4n) is 1.12. The smallest absolute Gasteiger partial charge is 0.406 e. The maximum atomic E-state index is 11.8. The van der Waals surface area contributed by atoms with Crippen LogP contribution < -0.4 is 4.74 Å². The number of ether oxygens (including phenoxy) is 2. The lowest BCUT2D eigenvalue weighted by Crippen LogP contribution is -2.16. The number of hydrogen-bond donors (Lipinski definition) is 0. The molecule has 1 unspecified atom stereocenters. The van der Waals surface area contributed by atoms with Gasteiger partial charge >= 0.3 is 6.36 Å². The van der Waals surface area contributed by atoms with Gasteiger partial charge in [-0.25, -0.2) is 0 Å². The summed E-state index contributed by atoms with van der Waals surface area (Å²) in [6.45, 7) is 0.638. The molecule has 2 nitrogen and oxygen atoms in total. The number of rotatable bonds is 2. The molecule has 5 heteroatoms. The minimum atomic E-state index is -4.63. The third-order valence-electron chi connectivity index (χ3n) is 1.82. The average molecular weight is 204 g/mol. The molecule has 1 saturated heterocycles. The molecule has 1 heterocycles. The molecule has 0 aromatic heterocycles. The van der Waals surface area contributed by atoms with Crippen molar-refractivity contribution in [3.05, 3.63) is 29.8 Å². The second-order valence-corrected chi connectivity index (χ2v) is 2.94. The molecule has 14 heavy (non-hydrogen) atoms. The molecular weight excluding hydrogens is 197 g/mol. The van der Waals surface area contributed by atoms with Crippen molar-refractivity contribution in [3.8, 4) is 5.75 Å². The molecule has 1 fully saturated rings. The molecular formula is C9H7F3O2. The lowest BCUT2D eigenvalue weighted by atomic mass is 10.2. The highest BCUT2D eigenvalue weighted by atomic mass is 19.4. The maximum Gasteiger partial charge on any atom is 0.573 e. The first-order valence-electron chi connectivity index (χ1n) is 4.02. The summed E-state index contributed by atoms with van der Waals surface area (Å²) in [5, 5.41) is 0. The van der Waals surface area contributed by atoms with Crippen molar-refractivity contribution >= 4 is 0 Å². The van der Waals surface area contributed by atoms with E-state index >= 15 is 0 Å². The third-order valence-corrected chi connectivity index (χ3v) is 1.82. The zero-order valence-corrected chi connectivity index (χ0v) is 7.04. The van der Waals surface area contributed by atoms with Crippen LogP contribution in [0.15, 0.2) is 24.3 Å². The number of alkyl halides is 3. The summed E-state index contributed by atoms with van der Waals surface area (Å²) < 4.78 is 44.0. The lowest BCUT2D eigenvalue weighted by Gasteiger charge is -2.08. The van der Waals surface area contributed by atoms with Gasteiger partial charge in [0.05, 0.1) is 6.61 Å². The highest BCUT2D eigenvalue weighted by molar-refractivity contribution is 5.29. The SMILES string of the molecule is FC(F)(F)Oc1ccc(C2CO2)cc1. The van der Waals surface area contributed by atoms with Crippen LogP contribution in [0, 0.1) is 0 Å². The Morgan fingerprint density at radius 1 is 1.21 bits per heavy atom. The third kappa shape index (κ3) is 2.38. The van der Waals surface area contributed by atoms with Gasteiger partial charge in [0, 0.05) is 0 Å². The first kappa shape index (κ1) is 9.33. The molecule has 1 aliphatic heterocycles. The van der Waals surface area contributed by atoms with E-state index in [0.717, 1.165) is 5.56 Å². The van der Waals surface area contributed by atoms with E-state index in [1.165, 1.54) is 12.1 Å². The van der Waals surface area contributed by atoms with Gasteiger partial charge in [0.2, 0.25) is 0 Å². The van der Waals surface area contributed by atoms with Gasteiger partial charge in [-0.2, -0.15) is 0 Å². The van der Waals surface area contributed by atoms with E-state index < -0.39 is 6.36 Å². The quantitative estimate of drug-likeness (QED) is 0.691. The molecule has 2 rings (SSSR count). The van der Waals surface area contributed by atoms with E-state index in [9.17, 15) is 13.2 Å². The second kappa shape index (κ2) is 3.16. The second-order valence-electron chi connectivity index (χ2n) is 2.94. The van der Waals surface area contributed by atoms with Gasteiger partial charge in [0.15, 0.2) is 0 Å². The van der Waals surface area contributed by atoms with Crippen molar-refractivity contribution in [1.29, 1.82) is 0 Å². The Morgan fingerprint density at radius 3 is 2.21 bits per heavy atom. The zero-order chi connectivity index (χ0) is 10.2. The molecule has 1 atom stereocenters. The zero-order valence-electron chi connectivity index (χ0n) is 7.04. The summed E-state index contributed by atoms with van der Waals surface area (Å²) in [7, 11) is 0. The Kier molecular flexibility index (Phi) is 2.11. The average Bonchev–Trinajstić information content (AvgIpc) is 2.85. The van der Waals surface area contributed by atoms with E-state index in [4.69, 9.17) is 4.74 Å². The largest absolute Gasteiger partial charge is 0.573 e. The Bertz CT molecular complexity index is 314. The van der Waals surface area contributed by atoms with Gasteiger partial charge in [-0.3, -0.25) is 0 Å². The summed E-state index contributed by atoms with van der Waals surface area (Å²) in [5.74, 6) is -0.207. The minimum Gasteiger partial charge on any atom is -0.406 e. The van der Waals surface area contributed by atoms with Crippen molar-refractivity contribution in [2.75, 3.05) is 6.61 Å². The standard InChI is InChI=1S/C9H7F3O2/c10-9(11,12)14-7-3-1-6(2-4-7)8-5-13-8/h1-4,8H,5H2. The van der Waals surface area contributed by atoms with Crippen LogP contribution in [0.25, 0.3) is 0 Å². The monoisotopic (exact) mass is 204 g/mol. The Balaban J connectivity index is 2.06. The molecule has 1 aromatic rings. The molecule has 1 aromatic carbocycles. The predicted molar refractivity (Wildman–Crippen MR) is 41.8 cm³/mol. The summed E-state index contributed by atoms with van der Waals surface area (Å²) >= 11 is 0. The van der Waals surface area contributed by atoms with E-state index in [2.05, 4.69) is 4.74 Å². The van der Waals surface area contributed by atoms with Gasteiger partial charge in [0.1, 0.15) is 11.9 Å². The molecule has 0 radical (unpaired) electrons. The number of benzene rings is 1. The van der Waals surface area contributed by atoms with Crippen LogP contribution in [0.1, 0.15) is 11.7 Å². The molecule has 0 aliphatic carbocycles. The topological polar surface area (TPSA) is 21.8 Å². The molecule has 0 spiro atoms. The normalized spacial score (nSPS) is 20.6. The predicted octanol–water partition coefficient (Wildman–Crippen LogP) is 2.66. The summed E-state index contributed by atoms with van der Waals surface area (Å²) in [6.07, 6.45) is -4.58. The van der Waals surface area contributed by atoms with Crippen LogP contribution in [0.3, 0.4) is 0 Å². The Hall–Kier alpha value is -1.23. The summed E-state index contributed by atoms with van der Waals surface area (Å²) in [5.41, 5.74) is 0.875. The minimum absolute atomic E-state index is 0.0509. The lowest BCUT2D eigenvalue weighted by molar-refractivity contribution is -0.274. The molecule has 0 N–H and O–H groups in total. The number of halogens is 3. The van der Waals surface area contributed by atoms with E-state index in [1.54, 1.807) is 12.1 Å². The van der Waals surface area contributed by atoms with Crippen molar-refractivity contribution in [1.82, 2.24) is 0 Å². The van der Waals surface area contributed by atoms with Gasteiger partial charge in [0.25, 0.3) is 0 Å². The van der Waals surface area contributed by atoms with E-state index in [-0.39, 0.29) is 11.9 Å². The summed E-state index contributed by atoms with van der Waals surface area (Å²) in [4.78, 5) is 0. The first-order valence-corrected chi connectivity index (χ1v) is 4.02. The number of hydrogen-bond acceptors (Lipinski definition) is 2. The van der Waals surface area contributed by atoms with Crippen LogP contribution in [-0.2, 0) is 4.74 Å². The van der Waals surface area contributed by atoms with Crippen molar-refractivity contribution < 1.29 is 22.6 Å². The Labute approximate surface area is 78.2 Å². The first-order chi connectivity index (χ1) is 6.54. The van der Waals surface area contributed by atoms with Crippen LogP contribution in [0.4, 0.5) is 13.2 Å². The van der Waals surface area contributed by atoms with Gasteiger partial charge < -0.3 is 9.47 Å². The molecule has 0 bridgehead atoms. The maximum absolute atomic E-state index is 11.8. The highest BCUT2D eigenvalue weighted by Crippen LogP contribution is 2.31. The van der Waals surface area contributed by atoms with Crippen LogP contribution in [0.2, 0.25) is 0 Å². The van der Waals surface area contributed by atoms with Gasteiger partial charge in [-0.15, -0.1) is 13.2 Å². The molecule has 76 valence electrons. The fourth-order valence-corrected chi connectivity index (χ4v) is 1.12. The number of epoxide rings is 1. The summed E-state index contributed by atoms with van der Waals surface area (Å²) in [6, 6.07) is 5.70. The van der Waals surface area contributed by atoms with E-state index in [1.807, 2.05) is 0 Å². The van der Waals surface area contributed by atoms with Gasteiger partial charge in [-0.05, 0) is 17.7 Å². The fraction of sp³-hybridized carbons (Fsp3) is 0.333.